The molecule has 0 saturated carbocycles. The first-order chi connectivity index (χ1) is 8.70. The van der Waals surface area contributed by atoms with E-state index in [-0.39, 0.29) is 5.75 Å². The van der Waals surface area contributed by atoms with Crippen LogP contribution in [0.4, 0.5) is 13.2 Å². The fourth-order valence-corrected chi connectivity index (χ4v) is 1.35. The Bertz CT molecular complexity index is 468. The Balaban J connectivity index is 2.70. The largest absolute Gasteiger partial charge is 0.471 e. The summed E-state index contributed by atoms with van der Waals surface area (Å²) < 4.78 is 41.0. The summed E-state index contributed by atoms with van der Waals surface area (Å²) in [6, 6.07) is 5.01. The van der Waals surface area contributed by atoms with Crippen molar-refractivity contribution in [3.8, 4) is 5.75 Å². The molecule has 0 aromatic heterocycles. The lowest BCUT2D eigenvalue weighted by Crippen LogP contribution is -2.38. The lowest BCUT2D eigenvalue weighted by atomic mass is 10.1. The zero-order valence-electron chi connectivity index (χ0n) is 10.2. The first-order valence-electron chi connectivity index (χ1n) is 5.36. The van der Waals surface area contributed by atoms with Gasteiger partial charge in [0.05, 0.1) is 6.04 Å². The number of rotatable bonds is 3. The van der Waals surface area contributed by atoms with Crippen LogP contribution < -0.4 is 10.1 Å². The molecule has 0 aliphatic rings. The van der Waals surface area contributed by atoms with Crippen molar-refractivity contribution in [1.29, 1.82) is 0 Å². The number of hydrogen-bond acceptors (Lipinski definition) is 3. The summed E-state index contributed by atoms with van der Waals surface area (Å²) in [4.78, 5) is 21.4. The molecule has 4 nitrogen and oxygen atoms in total. The second-order valence-corrected chi connectivity index (χ2v) is 3.86. The first kappa shape index (κ1) is 15.0. The number of halogens is 3. The molecule has 0 radical (unpaired) electrons. The van der Waals surface area contributed by atoms with Crippen LogP contribution in [0, 0.1) is 0 Å². The molecule has 1 aromatic rings. The molecule has 7 heteroatoms. The second-order valence-electron chi connectivity index (χ2n) is 3.86. The van der Waals surface area contributed by atoms with Crippen LogP contribution >= 0.6 is 0 Å². The number of alkyl halides is 3. The van der Waals surface area contributed by atoms with Gasteiger partial charge in [0.1, 0.15) is 5.75 Å². The van der Waals surface area contributed by atoms with E-state index >= 15 is 0 Å². The summed E-state index contributed by atoms with van der Waals surface area (Å²) in [6.07, 6.45) is -4.91. The zero-order valence-corrected chi connectivity index (χ0v) is 10.2. The molecular formula is C12H12F3NO3. The van der Waals surface area contributed by atoms with Gasteiger partial charge in [0.2, 0.25) is 0 Å². The SMILES string of the molecule is CC(=O)Oc1ccc([C@@H](C)NC(=O)C(F)(F)F)cc1. The summed E-state index contributed by atoms with van der Waals surface area (Å²) in [5, 5.41) is 1.82. The lowest BCUT2D eigenvalue weighted by Gasteiger charge is -2.15. The van der Waals surface area contributed by atoms with Gasteiger partial charge in [-0.05, 0) is 24.6 Å². The van der Waals surface area contributed by atoms with E-state index in [1.165, 1.54) is 38.1 Å². The summed E-state index contributed by atoms with van der Waals surface area (Å²) in [5.74, 6) is -2.21. The summed E-state index contributed by atoms with van der Waals surface area (Å²) in [5.41, 5.74) is 0.466. The van der Waals surface area contributed by atoms with Crippen molar-refractivity contribution in [2.24, 2.45) is 0 Å². The Hall–Kier alpha value is -2.05. The second kappa shape index (κ2) is 5.73. The number of ether oxygens (including phenoxy) is 1. The quantitative estimate of drug-likeness (QED) is 0.680. The number of nitrogens with one attached hydrogen (secondary N) is 1. The molecule has 1 N–H and O–H groups in total. The molecule has 0 bridgehead atoms. The van der Waals surface area contributed by atoms with Gasteiger partial charge < -0.3 is 10.1 Å². The van der Waals surface area contributed by atoms with Crippen molar-refractivity contribution in [1.82, 2.24) is 5.32 Å². The molecule has 1 atom stereocenters. The Morgan fingerprint density at radius 3 is 2.16 bits per heavy atom. The third-order valence-corrected chi connectivity index (χ3v) is 2.25. The molecule has 0 unspecified atom stereocenters. The van der Waals surface area contributed by atoms with E-state index in [2.05, 4.69) is 0 Å². The van der Waals surface area contributed by atoms with Crippen LogP contribution in [0.2, 0.25) is 0 Å². The minimum absolute atomic E-state index is 0.283. The van der Waals surface area contributed by atoms with Crippen molar-refractivity contribution in [3.63, 3.8) is 0 Å². The van der Waals surface area contributed by atoms with Crippen molar-refractivity contribution < 1.29 is 27.5 Å². The van der Waals surface area contributed by atoms with Crippen LogP contribution in [0.15, 0.2) is 24.3 Å². The van der Waals surface area contributed by atoms with Gasteiger partial charge in [-0.2, -0.15) is 13.2 Å². The van der Waals surface area contributed by atoms with Gasteiger partial charge in [0, 0.05) is 6.92 Å². The molecule has 0 spiro atoms. The molecule has 0 fully saturated rings. The van der Waals surface area contributed by atoms with Crippen molar-refractivity contribution in [2.45, 2.75) is 26.1 Å². The molecule has 0 saturated heterocycles. The Kier molecular flexibility index (Phi) is 4.52. The number of amides is 1. The standard InChI is InChI=1S/C12H12F3NO3/c1-7(16-11(18)12(13,14)15)9-3-5-10(6-4-9)19-8(2)17/h3-7H,1-2H3,(H,16,18)/t7-/m1/s1. The molecule has 1 rings (SSSR count). The minimum atomic E-state index is -4.91. The van der Waals surface area contributed by atoms with Crippen LogP contribution in [0.5, 0.6) is 5.75 Å². The van der Waals surface area contributed by atoms with Crippen LogP contribution in [0.3, 0.4) is 0 Å². The highest BCUT2D eigenvalue weighted by Crippen LogP contribution is 2.20. The maximum absolute atomic E-state index is 12.1. The topological polar surface area (TPSA) is 55.4 Å². The highest BCUT2D eigenvalue weighted by molar-refractivity contribution is 5.82. The molecule has 1 aromatic carbocycles. The van der Waals surface area contributed by atoms with Crippen LogP contribution in [0.1, 0.15) is 25.5 Å². The highest BCUT2D eigenvalue weighted by Gasteiger charge is 2.39. The van der Waals surface area contributed by atoms with E-state index in [4.69, 9.17) is 4.74 Å². The van der Waals surface area contributed by atoms with Gasteiger partial charge >= 0.3 is 18.1 Å². The van der Waals surface area contributed by atoms with Crippen LogP contribution in [-0.4, -0.2) is 18.1 Å². The van der Waals surface area contributed by atoms with Crippen molar-refractivity contribution >= 4 is 11.9 Å². The molecular weight excluding hydrogens is 263 g/mol. The van der Waals surface area contributed by atoms with Gasteiger partial charge in [-0.3, -0.25) is 9.59 Å². The Morgan fingerprint density at radius 1 is 1.21 bits per heavy atom. The number of benzene rings is 1. The highest BCUT2D eigenvalue weighted by atomic mass is 19.4. The van der Waals surface area contributed by atoms with Crippen molar-refractivity contribution in [2.75, 3.05) is 0 Å². The average Bonchev–Trinajstić information content (AvgIpc) is 2.27. The molecule has 104 valence electrons. The van der Waals surface area contributed by atoms with Gasteiger partial charge in [-0.25, -0.2) is 0 Å². The predicted octanol–water partition coefficient (Wildman–Crippen LogP) is 2.35. The Morgan fingerprint density at radius 2 is 1.74 bits per heavy atom. The van der Waals surface area contributed by atoms with E-state index in [9.17, 15) is 22.8 Å². The summed E-state index contributed by atoms with van der Waals surface area (Å²) in [6.45, 7) is 2.66. The van der Waals surface area contributed by atoms with Crippen LogP contribution in [-0.2, 0) is 9.59 Å². The number of hydrogen-bond donors (Lipinski definition) is 1. The maximum atomic E-state index is 12.1. The maximum Gasteiger partial charge on any atom is 0.471 e. The molecule has 1 amide bonds. The molecule has 0 heterocycles. The smallest absolute Gasteiger partial charge is 0.427 e. The number of carbonyl (C=O) groups is 2. The number of esters is 1. The fourth-order valence-electron chi connectivity index (χ4n) is 1.35. The predicted molar refractivity (Wildman–Crippen MR) is 60.4 cm³/mol. The van der Waals surface area contributed by atoms with E-state index in [1.807, 2.05) is 5.32 Å². The van der Waals surface area contributed by atoms with Crippen LogP contribution in [0.25, 0.3) is 0 Å². The molecule has 0 aliphatic carbocycles. The zero-order chi connectivity index (χ0) is 14.6. The molecule has 19 heavy (non-hydrogen) atoms. The third kappa shape index (κ3) is 4.61. The van der Waals surface area contributed by atoms with E-state index in [1.54, 1.807) is 0 Å². The van der Waals surface area contributed by atoms with E-state index < -0.39 is 24.1 Å². The Labute approximate surface area is 107 Å². The first-order valence-corrected chi connectivity index (χ1v) is 5.36. The monoisotopic (exact) mass is 275 g/mol. The van der Waals surface area contributed by atoms with E-state index in [0.29, 0.717) is 5.56 Å². The van der Waals surface area contributed by atoms with Gasteiger partial charge in [0.25, 0.3) is 0 Å². The minimum Gasteiger partial charge on any atom is -0.427 e. The van der Waals surface area contributed by atoms with E-state index in [0.717, 1.165) is 0 Å². The average molecular weight is 275 g/mol. The van der Waals surface area contributed by atoms with Gasteiger partial charge in [0.15, 0.2) is 0 Å². The third-order valence-electron chi connectivity index (χ3n) is 2.25. The summed E-state index contributed by atoms with van der Waals surface area (Å²) in [7, 11) is 0. The normalized spacial score (nSPS) is 12.7. The molecule has 0 aliphatic heterocycles. The fraction of sp³-hybridized carbons (Fsp3) is 0.333. The number of carbonyl (C=O) groups excluding carboxylic acids is 2. The van der Waals surface area contributed by atoms with Crippen molar-refractivity contribution in [3.05, 3.63) is 29.8 Å². The lowest BCUT2D eigenvalue weighted by molar-refractivity contribution is -0.174. The van der Waals surface area contributed by atoms with Gasteiger partial charge in [-0.15, -0.1) is 0 Å². The van der Waals surface area contributed by atoms with Gasteiger partial charge in [-0.1, -0.05) is 12.1 Å². The summed E-state index contributed by atoms with van der Waals surface area (Å²) >= 11 is 0.